The van der Waals surface area contributed by atoms with Gasteiger partial charge >= 0.3 is 0 Å². The van der Waals surface area contributed by atoms with Crippen molar-refractivity contribution in [2.45, 2.75) is 6.92 Å². The van der Waals surface area contributed by atoms with Gasteiger partial charge in [0, 0.05) is 6.20 Å². The molecule has 34 heavy (non-hydrogen) atoms. The molecule has 2 heterocycles. The number of pyridine rings is 1. The van der Waals surface area contributed by atoms with Crippen molar-refractivity contribution in [2.24, 2.45) is 0 Å². The number of methoxy groups -OCH3 is 1. The number of benzene rings is 2. The average molecular weight is 452 g/mol. The molecular weight excluding hydrogens is 432 g/mol. The summed E-state index contributed by atoms with van der Waals surface area (Å²) in [6.07, 6.45) is 2.74. The van der Waals surface area contributed by atoms with Gasteiger partial charge in [-0.3, -0.25) is 14.0 Å². The second-order valence-corrected chi connectivity index (χ2v) is 7.31. The highest BCUT2D eigenvalue weighted by Crippen LogP contribution is 2.26. The van der Waals surface area contributed by atoms with E-state index < -0.39 is 11.5 Å². The summed E-state index contributed by atoms with van der Waals surface area (Å²) in [5, 5.41) is 12.3. The van der Waals surface area contributed by atoms with E-state index in [2.05, 4.69) is 10.3 Å². The standard InChI is InChI=1S/C26H20N4O4/c1-17-8-7-9-19(14-17)34-25-20(26(32)30-13-6-5-12-23(30)29-25)15-18(16-27)24(31)28-21-10-3-4-11-22(21)33-2/h3-15H,1-2H3,(H,28,31)/b18-15-. The van der Waals surface area contributed by atoms with Crippen molar-refractivity contribution in [2.75, 3.05) is 12.4 Å². The normalized spacial score (nSPS) is 11.0. The highest BCUT2D eigenvalue weighted by molar-refractivity contribution is 6.10. The Morgan fingerprint density at radius 1 is 1.12 bits per heavy atom. The van der Waals surface area contributed by atoms with Gasteiger partial charge in [0.05, 0.1) is 12.8 Å². The molecule has 0 radical (unpaired) electrons. The van der Waals surface area contributed by atoms with Gasteiger partial charge in [-0.05, 0) is 55.0 Å². The van der Waals surface area contributed by atoms with Gasteiger partial charge in [-0.15, -0.1) is 0 Å². The van der Waals surface area contributed by atoms with E-state index in [-0.39, 0.29) is 17.0 Å². The van der Waals surface area contributed by atoms with E-state index in [1.54, 1.807) is 60.8 Å². The van der Waals surface area contributed by atoms with Crippen LogP contribution in [-0.4, -0.2) is 22.4 Å². The number of carbonyl (C=O) groups is 1. The van der Waals surface area contributed by atoms with E-state index in [0.29, 0.717) is 22.8 Å². The molecule has 0 unspecified atom stereocenters. The Balaban J connectivity index is 1.81. The lowest BCUT2D eigenvalue weighted by Crippen LogP contribution is -2.20. The largest absolute Gasteiger partial charge is 0.495 e. The number of carbonyl (C=O) groups excluding carboxylic acids is 1. The van der Waals surface area contributed by atoms with Crippen LogP contribution < -0.4 is 20.3 Å². The number of aryl methyl sites for hydroxylation is 1. The van der Waals surface area contributed by atoms with Crippen LogP contribution in [0, 0.1) is 18.3 Å². The summed E-state index contributed by atoms with van der Waals surface area (Å²) < 4.78 is 12.5. The number of hydrogen-bond donors (Lipinski definition) is 1. The van der Waals surface area contributed by atoms with Crippen LogP contribution in [0.5, 0.6) is 17.4 Å². The predicted molar refractivity (Wildman–Crippen MR) is 128 cm³/mol. The molecule has 168 valence electrons. The molecule has 4 rings (SSSR count). The van der Waals surface area contributed by atoms with Gasteiger partial charge in [0.25, 0.3) is 11.5 Å². The van der Waals surface area contributed by atoms with Gasteiger partial charge in [0.15, 0.2) is 0 Å². The molecule has 1 N–H and O–H groups in total. The number of amides is 1. The molecule has 8 nitrogen and oxygen atoms in total. The van der Waals surface area contributed by atoms with Crippen LogP contribution in [0.25, 0.3) is 11.7 Å². The van der Waals surface area contributed by atoms with Crippen molar-refractivity contribution in [3.63, 3.8) is 0 Å². The van der Waals surface area contributed by atoms with Crippen LogP contribution >= 0.6 is 0 Å². The molecule has 8 heteroatoms. The summed E-state index contributed by atoms with van der Waals surface area (Å²) in [6.45, 7) is 1.91. The minimum absolute atomic E-state index is 0.0142. The number of anilines is 1. The lowest BCUT2D eigenvalue weighted by molar-refractivity contribution is -0.112. The zero-order valence-electron chi connectivity index (χ0n) is 18.5. The molecule has 2 aromatic carbocycles. The molecule has 0 aliphatic heterocycles. The van der Waals surface area contributed by atoms with E-state index >= 15 is 0 Å². The highest BCUT2D eigenvalue weighted by Gasteiger charge is 2.18. The van der Waals surface area contributed by atoms with Gasteiger partial charge < -0.3 is 14.8 Å². The zero-order valence-corrected chi connectivity index (χ0v) is 18.5. The van der Waals surface area contributed by atoms with Gasteiger partial charge in [-0.1, -0.05) is 30.3 Å². The van der Waals surface area contributed by atoms with Crippen LogP contribution in [0.4, 0.5) is 5.69 Å². The molecule has 0 fully saturated rings. The number of ether oxygens (including phenoxy) is 2. The smallest absolute Gasteiger partial charge is 0.269 e. The van der Waals surface area contributed by atoms with Gasteiger partial charge in [0.2, 0.25) is 5.88 Å². The first-order valence-electron chi connectivity index (χ1n) is 10.3. The molecule has 0 aliphatic rings. The van der Waals surface area contributed by atoms with Gasteiger partial charge in [-0.2, -0.15) is 10.2 Å². The SMILES string of the molecule is COc1ccccc1NC(=O)/C(C#N)=C\c1c(Oc2cccc(C)c2)nc2ccccn2c1=O. The number of nitrogens with zero attached hydrogens (tertiary/aromatic N) is 3. The predicted octanol–water partition coefficient (Wildman–Crippen LogP) is 4.35. The quantitative estimate of drug-likeness (QED) is 0.344. The van der Waals surface area contributed by atoms with E-state index in [0.717, 1.165) is 5.56 Å². The monoisotopic (exact) mass is 452 g/mol. The maximum absolute atomic E-state index is 13.3. The maximum Gasteiger partial charge on any atom is 0.269 e. The number of fused-ring (bicyclic) bond motifs is 1. The summed E-state index contributed by atoms with van der Waals surface area (Å²) in [4.78, 5) is 30.6. The number of rotatable bonds is 6. The van der Waals surface area contributed by atoms with Crippen LogP contribution in [0.2, 0.25) is 0 Å². The van der Waals surface area contributed by atoms with Gasteiger partial charge in [-0.25, -0.2) is 0 Å². The molecule has 4 aromatic rings. The van der Waals surface area contributed by atoms with Crippen LogP contribution in [0.1, 0.15) is 11.1 Å². The maximum atomic E-state index is 13.3. The minimum Gasteiger partial charge on any atom is -0.495 e. The minimum atomic E-state index is -0.703. The van der Waals surface area contributed by atoms with E-state index in [9.17, 15) is 14.9 Å². The first-order chi connectivity index (χ1) is 16.5. The Hall–Kier alpha value is -4.90. The summed E-state index contributed by atoms with van der Waals surface area (Å²) in [7, 11) is 1.47. The third-order valence-electron chi connectivity index (χ3n) is 4.95. The first-order valence-corrected chi connectivity index (χ1v) is 10.3. The average Bonchev–Trinajstić information content (AvgIpc) is 2.84. The molecule has 0 spiro atoms. The Morgan fingerprint density at radius 2 is 1.91 bits per heavy atom. The molecule has 0 bridgehead atoms. The Labute approximate surface area is 195 Å². The Morgan fingerprint density at radius 3 is 2.68 bits per heavy atom. The molecule has 0 atom stereocenters. The van der Waals surface area contributed by atoms with E-state index in [4.69, 9.17) is 9.47 Å². The fraction of sp³-hybridized carbons (Fsp3) is 0.0769. The summed E-state index contributed by atoms with van der Waals surface area (Å²) in [5.41, 5.74) is 0.906. The lowest BCUT2D eigenvalue weighted by atomic mass is 10.1. The lowest BCUT2D eigenvalue weighted by Gasteiger charge is -2.11. The van der Waals surface area contributed by atoms with Crippen LogP contribution in [-0.2, 0) is 4.79 Å². The van der Waals surface area contributed by atoms with Crippen molar-refractivity contribution >= 4 is 23.3 Å². The number of para-hydroxylation sites is 2. The number of nitriles is 1. The number of aromatic nitrogens is 2. The Bertz CT molecular complexity index is 1520. The molecule has 0 aliphatic carbocycles. The Kier molecular flexibility index (Phi) is 6.37. The van der Waals surface area contributed by atoms with Crippen molar-refractivity contribution in [3.8, 4) is 23.4 Å². The van der Waals surface area contributed by atoms with E-state index in [1.807, 2.05) is 25.1 Å². The topological polar surface area (TPSA) is 106 Å². The van der Waals surface area contributed by atoms with Gasteiger partial charge in [0.1, 0.15) is 34.4 Å². The molecule has 2 aromatic heterocycles. The van der Waals surface area contributed by atoms with Crippen LogP contribution in [0.3, 0.4) is 0 Å². The molecular formula is C26H20N4O4. The third-order valence-corrected chi connectivity index (χ3v) is 4.95. The van der Waals surface area contributed by atoms with Crippen LogP contribution in [0.15, 0.2) is 83.3 Å². The number of hydrogen-bond acceptors (Lipinski definition) is 6. The van der Waals surface area contributed by atoms with Crippen molar-refractivity contribution in [1.29, 1.82) is 5.26 Å². The fourth-order valence-electron chi connectivity index (χ4n) is 3.30. The molecule has 0 saturated carbocycles. The van der Waals surface area contributed by atoms with E-state index in [1.165, 1.54) is 17.6 Å². The highest BCUT2D eigenvalue weighted by atomic mass is 16.5. The van der Waals surface area contributed by atoms with Crippen molar-refractivity contribution < 1.29 is 14.3 Å². The third kappa shape index (κ3) is 4.64. The summed E-state index contributed by atoms with van der Waals surface area (Å²) in [5.74, 6) is 0.188. The number of nitrogens with one attached hydrogen (secondary N) is 1. The first kappa shape index (κ1) is 22.3. The molecule has 0 saturated heterocycles. The summed E-state index contributed by atoms with van der Waals surface area (Å²) >= 11 is 0. The van der Waals surface area contributed by atoms with Crippen molar-refractivity contribution in [3.05, 3.63) is 100.0 Å². The second-order valence-electron chi connectivity index (χ2n) is 7.31. The van der Waals surface area contributed by atoms with Crippen molar-refractivity contribution in [1.82, 2.24) is 9.38 Å². The molecule has 1 amide bonds. The second kappa shape index (κ2) is 9.71. The zero-order chi connectivity index (χ0) is 24.1. The summed E-state index contributed by atoms with van der Waals surface area (Å²) in [6, 6.07) is 21.0. The fourth-order valence-corrected chi connectivity index (χ4v) is 3.30.